The summed E-state index contributed by atoms with van der Waals surface area (Å²) in [5.74, 6) is -0.480. The molecule has 0 aromatic carbocycles. The summed E-state index contributed by atoms with van der Waals surface area (Å²) in [4.78, 5) is 43.1. The van der Waals surface area contributed by atoms with E-state index in [1.165, 1.54) is 14.2 Å². The monoisotopic (exact) mass is 425 g/mol. The third-order valence-electron chi connectivity index (χ3n) is 3.98. The number of carbonyl (C=O) groups is 3. The Morgan fingerprint density at radius 2 is 1.96 bits per heavy atom. The molecule has 2 rings (SSSR count). The first-order valence-electron chi connectivity index (χ1n) is 7.53. The van der Waals surface area contributed by atoms with E-state index in [4.69, 9.17) is 0 Å². The SMILES string of the molecule is COC(=O)CCc1ncc2c(n1)CCC(C(=O)CC(=O)OC)C2.[3H-].[3H-].[3H-].[3H-].[3H-].[3H-].[3H-].[3H-].[3H-].[3H-].[3H-].[3H-].[3H-].[3H-].[3H-].[3H-].[3H-].[3H-].[3H-].[3H-].[3H-].[3H-].[K+]. The molecule has 0 spiro atoms. The number of rotatable bonds is 6. The van der Waals surface area contributed by atoms with Crippen LogP contribution in [0.1, 0.15) is 67.7 Å². The van der Waals surface area contributed by atoms with Gasteiger partial charge in [0.1, 0.15) is 18.0 Å². The Balaban J connectivity index is -0.0000000125. The molecule has 1 atom stereocenters. The Hall–Kier alpha value is -0.674. The molecule has 0 amide bonds. The minimum Gasteiger partial charge on any atom is -1.00 e. The van der Waals surface area contributed by atoms with Crippen molar-refractivity contribution in [1.82, 2.24) is 9.97 Å². The van der Waals surface area contributed by atoms with E-state index in [0.29, 0.717) is 31.5 Å². The van der Waals surface area contributed by atoms with Crippen LogP contribution < -0.4 is 51.4 Å². The zero-order valence-electron chi connectivity index (χ0n) is 36.3. The molecule has 0 N–H and O–H groups in total. The number of carbonyl (C=O) groups excluding carboxylic acids is 3. The molecule has 1 aromatic heterocycles. The first-order valence-corrected chi connectivity index (χ1v) is 7.53. The second kappa shape index (κ2) is 10.3. The Morgan fingerprint density at radius 3 is 2.62 bits per heavy atom. The largest absolute Gasteiger partial charge is 1.00 e. The van der Waals surface area contributed by atoms with E-state index < -0.39 is 5.97 Å². The van der Waals surface area contributed by atoms with Gasteiger partial charge in [-0.1, -0.05) is 0 Å². The zero-order valence-corrected chi connectivity index (χ0v) is 17.5. The summed E-state index contributed by atoms with van der Waals surface area (Å²) < 4.78 is 9.13. The third-order valence-corrected chi connectivity index (χ3v) is 3.98. The number of fused-ring (bicyclic) bond motifs is 1. The summed E-state index contributed by atoms with van der Waals surface area (Å²) in [6.45, 7) is 0. The summed E-state index contributed by atoms with van der Waals surface area (Å²) in [6, 6.07) is 0. The maximum absolute atomic E-state index is 12.1. The molecule has 1 aliphatic rings. The van der Waals surface area contributed by atoms with Crippen LogP contribution in [0.15, 0.2) is 6.20 Å². The molecule has 0 aliphatic heterocycles. The molecule has 1 unspecified atom stereocenters. The van der Waals surface area contributed by atoms with Gasteiger partial charge in [0.05, 0.1) is 20.6 Å². The first-order chi connectivity index (χ1) is 11.0. The average molecular weight is 426 g/mol. The Bertz CT molecular complexity index is 666. The smallest absolute Gasteiger partial charge is 1.00 e. The maximum atomic E-state index is 12.1. The Labute approximate surface area is 216 Å². The third kappa shape index (κ3) is 6.00. The topological polar surface area (TPSA) is 95.5 Å². The summed E-state index contributed by atoms with van der Waals surface area (Å²) in [5, 5.41) is 0. The molecule has 0 saturated heterocycles. The second-order valence-corrected chi connectivity index (χ2v) is 5.49. The van der Waals surface area contributed by atoms with Crippen LogP contribution in [0.3, 0.4) is 0 Å². The van der Waals surface area contributed by atoms with Gasteiger partial charge in [0, 0.05) is 24.2 Å². The summed E-state index contributed by atoms with van der Waals surface area (Å²) in [7, 11) is 2.62. The van der Waals surface area contributed by atoms with E-state index in [9.17, 15) is 14.4 Å². The molecule has 0 radical (unpaired) electrons. The number of Topliss-reactive ketones (excluding diaryl/α,β-unsaturated/α-hetero) is 1. The van der Waals surface area contributed by atoms with Crippen LogP contribution in [0, 0.1) is 5.92 Å². The molecule has 0 fully saturated rings. The van der Waals surface area contributed by atoms with Crippen LogP contribution in [0.25, 0.3) is 0 Å². The van der Waals surface area contributed by atoms with Gasteiger partial charge in [0.2, 0.25) is 0 Å². The first kappa shape index (κ1) is 21.4. The van der Waals surface area contributed by atoms with Crippen molar-refractivity contribution in [2.45, 2.75) is 38.5 Å². The van der Waals surface area contributed by atoms with Crippen molar-refractivity contribution in [3.05, 3.63) is 23.3 Å². The molecule has 24 heavy (non-hydrogen) atoms. The normalized spacial score (nSPS) is 15.7. The van der Waals surface area contributed by atoms with Crippen LogP contribution in [-0.4, -0.2) is 41.9 Å². The molecular formula is C16H42KN2O5-21. The molecule has 168 valence electrons. The number of nitrogens with zero attached hydrogens (tertiary/aromatic N) is 2. The summed E-state index contributed by atoms with van der Waals surface area (Å²) in [5.41, 5.74) is 1.85. The van der Waals surface area contributed by atoms with Crippen LogP contribution >= 0.6 is 0 Å². The van der Waals surface area contributed by atoms with Crippen molar-refractivity contribution < 1.29 is 107 Å². The average Bonchev–Trinajstić information content (AvgIpc) is 2.58. The van der Waals surface area contributed by atoms with Gasteiger partial charge in [-0.2, -0.15) is 0 Å². The number of hydrogen-bond donors (Lipinski definition) is 0. The number of hydrogen-bond acceptors (Lipinski definition) is 7. The van der Waals surface area contributed by atoms with Gasteiger partial charge in [-0.25, -0.2) is 9.97 Å². The molecule has 0 saturated carbocycles. The zero-order chi connectivity index (χ0) is 16.8. The number of ketones is 1. The van der Waals surface area contributed by atoms with E-state index >= 15 is 0 Å². The van der Waals surface area contributed by atoms with Crippen LogP contribution in [0.2, 0.25) is 0 Å². The van der Waals surface area contributed by atoms with Crippen LogP contribution in [-0.2, 0) is 43.1 Å². The predicted molar refractivity (Wildman–Crippen MR) is 104 cm³/mol. The van der Waals surface area contributed by atoms with E-state index in [1.54, 1.807) is 6.20 Å². The van der Waals surface area contributed by atoms with Gasteiger partial charge in [0.25, 0.3) is 0 Å². The quantitative estimate of drug-likeness (QED) is 0.367. The Kier molecular flexibility index (Phi) is 9.21. The number of aryl methyl sites for hydroxylation is 2. The molecule has 0 bridgehead atoms. The van der Waals surface area contributed by atoms with Crippen molar-refractivity contribution >= 4 is 17.7 Å². The van der Waals surface area contributed by atoms with Crippen molar-refractivity contribution in [1.29, 1.82) is 0 Å². The van der Waals surface area contributed by atoms with Gasteiger partial charge in [-0.3, -0.25) is 14.4 Å². The van der Waals surface area contributed by atoms with Crippen molar-refractivity contribution in [2.24, 2.45) is 5.92 Å². The molecular weight excluding hydrogens is 339 g/mol. The molecule has 1 aliphatic carbocycles. The second-order valence-electron chi connectivity index (χ2n) is 5.49. The minimum atomic E-state index is -0.504. The number of esters is 2. The van der Waals surface area contributed by atoms with E-state index in [0.717, 1.165) is 11.3 Å². The maximum Gasteiger partial charge on any atom is 1.00 e. The fourth-order valence-electron chi connectivity index (χ4n) is 2.62. The molecule has 1 aromatic rings. The number of ether oxygens (including phenoxy) is 2. The number of aromatic nitrogens is 2. The van der Waals surface area contributed by atoms with E-state index in [-0.39, 0.29) is 113 Å². The van der Waals surface area contributed by atoms with Gasteiger partial charge >= 0.3 is 63.3 Å². The van der Waals surface area contributed by atoms with Crippen molar-refractivity contribution in [3.8, 4) is 0 Å². The van der Waals surface area contributed by atoms with E-state index in [1.807, 2.05) is 0 Å². The fraction of sp³-hybridized carbons (Fsp3) is 0.562. The minimum absolute atomic E-state index is 0. The summed E-state index contributed by atoms with van der Waals surface area (Å²) in [6.07, 6.45) is 4.08. The van der Waals surface area contributed by atoms with Gasteiger partial charge in [-0.15, -0.1) is 0 Å². The van der Waals surface area contributed by atoms with Gasteiger partial charge in [0.15, 0.2) is 0 Å². The summed E-state index contributed by atoms with van der Waals surface area (Å²) >= 11 is 0. The van der Waals surface area contributed by atoms with Gasteiger partial charge in [-0.05, 0) is 24.8 Å². The van der Waals surface area contributed by atoms with Crippen LogP contribution in [0.4, 0.5) is 0 Å². The van der Waals surface area contributed by atoms with Crippen molar-refractivity contribution in [3.63, 3.8) is 0 Å². The van der Waals surface area contributed by atoms with Gasteiger partial charge < -0.3 is 40.9 Å². The number of methoxy groups -OCH3 is 2. The molecule has 7 nitrogen and oxygen atoms in total. The molecule has 1 heterocycles. The predicted octanol–water partition coefficient (Wildman–Crippen LogP) is 0.298. The van der Waals surface area contributed by atoms with Crippen molar-refractivity contribution in [2.75, 3.05) is 14.2 Å². The van der Waals surface area contributed by atoms with Crippen LogP contribution in [0.5, 0.6) is 0 Å². The molecule has 8 heteroatoms. The Morgan fingerprint density at radius 1 is 1.25 bits per heavy atom. The standard InChI is InChI=1S/C16H20N2O5.K.22H/c1-22-15(20)6-5-14-17-9-11-7-10(3-4-12(11)18-14)13(19)8-16(21)23-2;;;;;;;;;;;;;;;;;;;;;;;/h9-10H,3-8H2,1-2H3;;;;;;;;;;;;;;;;;;;;;;;/q;+1;22*-1/i;;22*1+2. The van der Waals surface area contributed by atoms with E-state index in [2.05, 4.69) is 19.4 Å². The fourth-order valence-corrected chi connectivity index (χ4v) is 2.62.